The van der Waals surface area contributed by atoms with Gasteiger partial charge in [0.25, 0.3) is 0 Å². The molecule has 2 nitrogen and oxygen atoms in total. The van der Waals surface area contributed by atoms with Crippen LogP contribution in [0.25, 0.3) is 55.8 Å². The first-order valence-corrected chi connectivity index (χ1v) is 16.6. The average Bonchev–Trinajstić information content (AvgIpc) is 3.48. The lowest BCUT2D eigenvalue weighted by Gasteiger charge is -2.26. The second-order valence-corrected chi connectivity index (χ2v) is 12.3. The first-order valence-electron chi connectivity index (χ1n) is 16.6. The maximum Gasteiger partial charge on any atom is 0.0541 e. The largest absolute Gasteiger partial charge is 0.310 e. The summed E-state index contributed by atoms with van der Waals surface area (Å²) in [4.78, 5) is 2.35. The van der Waals surface area contributed by atoms with Crippen molar-refractivity contribution in [2.24, 2.45) is 0 Å². The third-order valence-electron chi connectivity index (χ3n) is 9.24. The second-order valence-electron chi connectivity index (χ2n) is 12.3. The van der Waals surface area contributed by atoms with Gasteiger partial charge in [0, 0.05) is 33.5 Å². The van der Waals surface area contributed by atoms with Crippen LogP contribution in [0.1, 0.15) is 18.1 Å². The van der Waals surface area contributed by atoms with E-state index >= 15 is 0 Å². The van der Waals surface area contributed by atoms with E-state index in [0.717, 1.165) is 17.1 Å². The number of aromatic nitrogens is 1. The number of hydrogen-bond donors (Lipinski definition) is 0. The Balaban J connectivity index is 1.19. The summed E-state index contributed by atoms with van der Waals surface area (Å²) in [6.07, 6.45) is 4.26. The van der Waals surface area contributed by atoms with E-state index in [9.17, 15) is 0 Å². The quantitative estimate of drug-likeness (QED) is 0.173. The summed E-state index contributed by atoms with van der Waals surface area (Å²) in [5, 5.41) is 2.52. The van der Waals surface area contributed by atoms with Crippen molar-refractivity contribution in [1.82, 2.24) is 4.57 Å². The molecule has 8 aromatic rings. The van der Waals surface area contributed by atoms with Crippen LogP contribution in [-0.4, -0.2) is 4.57 Å². The summed E-state index contributed by atoms with van der Waals surface area (Å²) < 4.78 is 2.36. The number of nitrogens with zero attached hydrogens (tertiary/aromatic N) is 2. The van der Waals surface area contributed by atoms with E-state index in [1.54, 1.807) is 0 Å². The van der Waals surface area contributed by atoms with Gasteiger partial charge < -0.3 is 9.47 Å². The molecule has 0 aliphatic rings. The van der Waals surface area contributed by atoms with Crippen molar-refractivity contribution < 1.29 is 0 Å². The molecule has 0 aliphatic heterocycles. The van der Waals surface area contributed by atoms with E-state index < -0.39 is 0 Å². The van der Waals surface area contributed by atoms with Gasteiger partial charge in [0.1, 0.15) is 0 Å². The van der Waals surface area contributed by atoms with E-state index in [2.05, 4.69) is 205 Å². The minimum absolute atomic E-state index is 1.12. The first-order chi connectivity index (χ1) is 23.7. The van der Waals surface area contributed by atoms with E-state index in [1.807, 2.05) is 0 Å². The van der Waals surface area contributed by atoms with Crippen LogP contribution in [0.2, 0.25) is 0 Å². The van der Waals surface area contributed by atoms with Crippen molar-refractivity contribution in [3.8, 4) is 27.9 Å². The van der Waals surface area contributed by atoms with Gasteiger partial charge in [-0.15, -0.1) is 0 Å². The lowest BCUT2D eigenvalue weighted by molar-refractivity contribution is 1.18. The van der Waals surface area contributed by atoms with Gasteiger partial charge in [0.15, 0.2) is 0 Å². The fourth-order valence-electron chi connectivity index (χ4n) is 6.86. The van der Waals surface area contributed by atoms with Crippen molar-refractivity contribution in [2.75, 3.05) is 4.90 Å². The normalized spacial score (nSPS) is 11.5. The molecule has 0 spiro atoms. The Morgan fingerprint density at radius 2 is 1.00 bits per heavy atom. The Bertz CT molecular complexity index is 2380. The molecule has 7 aromatic carbocycles. The van der Waals surface area contributed by atoms with Crippen LogP contribution < -0.4 is 4.90 Å². The highest BCUT2D eigenvalue weighted by Gasteiger charge is 2.16. The Labute approximate surface area is 282 Å². The Hall–Kier alpha value is -6.12. The van der Waals surface area contributed by atoms with Crippen LogP contribution in [-0.2, 0) is 0 Å². The minimum atomic E-state index is 1.12. The van der Waals surface area contributed by atoms with Crippen molar-refractivity contribution in [3.05, 3.63) is 187 Å². The molecule has 0 saturated carbocycles. The van der Waals surface area contributed by atoms with Gasteiger partial charge >= 0.3 is 0 Å². The Kier molecular flexibility index (Phi) is 7.68. The molecule has 0 aliphatic carbocycles. The van der Waals surface area contributed by atoms with Crippen LogP contribution >= 0.6 is 0 Å². The molecule has 0 amide bonds. The number of allylic oxidation sites excluding steroid dienone is 1. The highest BCUT2D eigenvalue weighted by Crippen LogP contribution is 2.39. The maximum atomic E-state index is 2.36. The molecule has 8 rings (SSSR count). The summed E-state index contributed by atoms with van der Waals surface area (Å²) in [5.74, 6) is 0. The molecule has 0 atom stereocenters. The number of hydrogen-bond acceptors (Lipinski definition) is 1. The third kappa shape index (κ3) is 5.38. The standard InChI is InChI=1S/C46H36N2/c1-3-12-34-19-29-42(31-33(34)2)47(40-25-20-36(21-26-40)35-13-6-4-7-14-35)41-27-22-37(23-28-41)38-24-30-46-44(32-38)43-17-10-11-18-45(43)48(46)39-15-8-5-9-16-39/h3-32H,1-2H3/b12-3-. The summed E-state index contributed by atoms with van der Waals surface area (Å²) in [7, 11) is 0. The van der Waals surface area contributed by atoms with Crippen molar-refractivity contribution in [3.63, 3.8) is 0 Å². The molecule has 230 valence electrons. The van der Waals surface area contributed by atoms with Gasteiger partial charge in [-0.2, -0.15) is 0 Å². The summed E-state index contributed by atoms with van der Waals surface area (Å²) in [6.45, 7) is 4.25. The van der Waals surface area contributed by atoms with Crippen molar-refractivity contribution >= 4 is 44.9 Å². The monoisotopic (exact) mass is 616 g/mol. The van der Waals surface area contributed by atoms with E-state index in [4.69, 9.17) is 0 Å². The second kappa shape index (κ2) is 12.6. The lowest BCUT2D eigenvalue weighted by atomic mass is 10.0. The fourth-order valence-corrected chi connectivity index (χ4v) is 6.86. The van der Waals surface area contributed by atoms with Gasteiger partial charge in [-0.1, -0.05) is 115 Å². The Morgan fingerprint density at radius 3 is 1.67 bits per heavy atom. The number of fused-ring (bicyclic) bond motifs is 3. The predicted molar refractivity (Wildman–Crippen MR) is 206 cm³/mol. The molecule has 48 heavy (non-hydrogen) atoms. The molecular formula is C46H36N2. The van der Waals surface area contributed by atoms with E-state index in [0.29, 0.717) is 0 Å². The lowest BCUT2D eigenvalue weighted by Crippen LogP contribution is -2.10. The Morgan fingerprint density at radius 1 is 0.458 bits per heavy atom. The molecule has 0 fully saturated rings. The summed E-state index contributed by atoms with van der Waals surface area (Å²) in [6, 6.07) is 61.3. The topological polar surface area (TPSA) is 8.17 Å². The van der Waals surface area contributed by atoms with Crippen LogP contribution in [0.3, 0.4) is 0 Å². The fraction of sp³-hybridized carbons (Fsp3) is 0.0435. The molecule has 0 unspecified atom stereocenters. The van der Waals surface area contributed by atoms with E-state index in [-0.39, 0.29) is 0 Å². The first kappa shape index (κ1) is 29.3. The molecule has 2 heteroatoms. The average molecular weight is 617 g/mol. The summed E-state index contributed by atoms with van der Waals surface area (Å²) >= 11 is 0. The maximum absolute atomic E-state index is 2.36. The van der Waals surface area contributed by atoms with Crippen LogP contribution in [0.5, 0.6) is 0 Å². The third-order valence-corrected chi connectivity index (χ3v) is 9.24. The zero-order valence-electron chi connectivity index (χ0n) is 27.2. The van der Waals surface area contributed by atoms with Crippen molar-refractivity contribution in [2.45, 2.75) is 13.8 Å². The van der Waals surface area contributed by atoms with Gasteiger partial charge in [-0.05, 0) is 114 Å². The van der Waals surface area contributed by atoms with Gasteiger partial charge in [-0.25, -0.2) is 0 Å². The predicted octanol–water partition coefficient (Wildman–Crippen LogP) is 12.9. The number of aryl methyl sites for hydroxylation is 1. The molecular weight excluding hydrogens is 581 g/mol. The van der Waals surface area contributed by atoms with Crippen LogP contribution in [0.4, 0.5) is 17.1 Å². The number of rotatable bonds is 7. The highest BCUT2D eigenvalue weighted by atomic mass is 15.1. The van der Waals surface area contributed by atoms with Crippen LogP contribution in [0, 0.1) is 6.92 Å². The molecule has 1 heterocycles. The van der Waals surface area contributed by atoms with Gasteiger partial charge in [-0.3, -0.25) is 0 Å². The number of anilines is 3. The number of para-hydroxylation sites is 2. The van der Waals surface area contributed by atoms with Gasteiger partial charge in [0.05, 0.1) is 11.0 Å². The van der Waals surface area contributed by atoms with Crippen LogP contribution in [0.15, 0.2) is 176 Å². The van der Waals surface area contributed by atoms with Crippen molar-refractivity contribution in [1.29, 1.82) is 0 Å². The molecule has 1 aromatic heterocycles. The zero-order chi connectivity index (χ0) is 32.5. The SMILES string of the molecule is C/C=C\c1ccc(N(c2ccc(-c3ccccc3)cc2)c2ccc(-c3ccc4c(c3)c3ccccc3n4-c3ccccc3)cc2)cc1C. The number of benzene rings is 7. The molecule has 0 radical (unpaired) electrons. The van der Waals surface area contributed by atoms with Gasteiger partial charge in [0.2, 0.25) is 0 Å². The zero-order valence-corrected chi connectivity index (χ0v) is 27.2. The molecule has 0 saturated heterocycles. The minimum Gasteiger partial charge on any atom is -0.310 e. The smallest absolute Gasteiger partial charge is 0.0541 e. The van der Waals surface area contributed by atoms with E-state index in [1.165, 1.54) is 60.9 Å². The highest BCUT2D eigenvalue weighted by molar-refractivity contribution is 6.10. The molecule has 0 bridgehead atoms. The molecule has 0 N–H and O–H groups in total. The summed E-state index contributed by atoms with van der Waals surface area (Å²) in [5.41, 5.74) is 14.3.